The van der Waals surface area contributed by atoms with Crippen molar-refractivity contribution in [3.63, 3.8) is 0 Å². The zero-order chi connectivity index (χ0) is 91.1. The summed E-state index contributed by atoms with van der Waals surface area (Å²) in [5, 5.41) is 46.9. The van der Waals surface area contributed by atoms with Gasteiger partial charge in [0.1, 0.15) is 0 Å². The SMILES string of the molecule is C.CN(Cc1cnccn1)C(=O)c1ccc(CC2CC[C@H]([C@H](O)c3cccc(Cl)c3)C2)cc1.CN(Cc1cnccn1)C(=O)c1ccc(C[C@@H]2CC[C@H]([C@H](O)c3cccc(Cl)c3)C2)cc1.CNCc1cnccn1.C[C@H](c1cccc(Cl)c1)[C@H]1CCC(Cc2ccc(C(=O)N(C)Cc3cnccn3)cc2)C1.O=C(O)c1ccc(CC2CC[C@H]([C@H](O)c3cccc(Cl)c3)C2)cc1.[2HH]. The van der Waals surface area contributed by atoms with Crippen LogP contribution >= 0.6 is 46.4 Å². The first-order valence-electron chi connectivity index (χ1n) is 44.5. The number of aliphatic hydroxyl groups is 3. The molecule has 130 heavy (non-hydrogen) atoms. The van der Waals surface area contributed by atoms with Crippen LogP contribution in [-0.4, -0.2) is 127 Å². The van der Waals surface area contributed by atoms with E-state index in [0.29, 0.717) is 92.5 Å². The number of carbonyl (C=O) groups excluding carboxylic acids is 3. The molecule has 5 N–H and O–H groups in total. The van der Waals surface area contributed by atoms with Gasteiger partial charge in [-0.1, -0.05) is 158 Å². The summed E-state index contributed by atoms with van der Waals surface area (Å²) in [7, 11) is 7.23. The number of amides is 3. The predicted octanol–water partition coefficient (Wildman–Crippen LogP) is 22.2. The topological polar surface area (TPSA) is 274 Å². The number of carboxylic acids is 1. The van der Waals surface area contributed by atoms with E-state index in [1.807, 2.05) is 165 Å². The molecule has 8 aromatic carbocycles. The summed E-state index contributed by atoms with van der Waals surface area (Å²) in [6.45, 7) is 4.41. The number of hydrogen-bond donors (Lipinski definition) is 5. The van der Waals surface area contributed by atoms with Gasteiger partial charge in [0.25, 0.3) is 17.7 Å². The summed E-state index contributed by atoms with van der Waals surface area (Å²) >= 11 is 24.4. The van der Waals surface area contributed by atoms with Crippen molar-refractivity contribution in [1.29, 1.82) is 0 Å². The van der Waals surface area contributed by atoms with Gasteiger partial charge in [0.2, 0.25) is 0 Å². The van der Waals surface area contributed by atoms with Gasteiger partial charge in [0.05, 0.1) is 84.9 Å². The fourth-order valence-electron chi connectivity index (χ4n) is 18.4. The summed E-state index contributed by atoms with van der Waals surface area (Å²) in [5.74, 6) is 3.34. The number of benzene rings is 8. The summed E-state index contributed by atoms with van der Waals surface area (Å²) < 4.78 is 0. The zero-order valence-corrected chi connectivity index (χ0v) is 76.9. The minimum absolute atomic E-state index is 0. The van der Waals surface area contributed by atoms with Gasteiger partial charge in [-0.15, -0.1) is 0 Å². The lowest BCUT2D eigenvalue weighted by Gasteiger charge is -2.20. The van der Waals surface area contributed by atoms with Crippen molar-refractivity contribution < 1.29 is 41.0 Å². The Bertz CT molecular complexity index is 5100. The Labute approximate surface area is 787 Å². The summed E-state index contributed by atoms with van der Waals surface area (Å²) in [5.41, 5.74) is 14.6. The van der Waals surface area contributed by atoms with Crippen LogP contribution < -0.4 is 5.32 Å². The van der Waals surface area contributed by atoms with Crippen LogP contribution in [0.1, 0.15) is 226 Å². The Balaban J connectivity index is 0.000000175. The highest BCUT2D eigenvalue weighted by molar-refractivity contribution is 6.31. The lowest BCUT2D eigenvalue weighted by Crippen LogP contribution is -2.26. The second kappa shape index (κ2) is 50.4. The number of hydrogen-bond acceptors (Lipinski definition) is 16. The lowest BCUT2D eigenvalue weighted by molar-refractivity contribution is 0.0694. The molecule has 4 aliphatic rings. The van der Waals surface area contributed by atoms with Crippen molar-refractivity contribution in [3.8, 4) is 0 Å². The monoisotopic (exact) mass is 1830 g/mol. The number of carboxylic acid groups (broad SMARTS) is 1. The molecular formula is C106H122Cl4N12O8. The smallest absolute Gasteiger partial charge is 0.335 e. The van der Waals surface area contributed by atoms with Gasteiger partial charge >= 0.3 is 5.97 Å². The molecule has 682 valence electrons. The molecule has 4 saturated carbocycles. The van der Waals surface area contributed by atoms with Gasteiger partial charge in [-0.3, -0.25) is 54.3 Å². The van der Waals surface area contributed by atoms with Crippen molar-refractivity contribution in [2.24, 2.45) is 47.3 Å². The first kappa shape index (κ1) is 99.5. The highest BCUT2D eigenvalue weighted by atomic mass is 35.5. The number of halogens is 4. The van der Waals surface area contributed by atoms with Crippen LogP contribution in [0.3, 0.4) is 0 Å². The minimum Gasteiger partial charge on any atom is -0.478 e. The van der Waals surface area contributed by atoms with Crippen molar-refractivity contribution in [2.75, 3.05) is 28.2 Å². The van der Waals surface area contributed by atoms with E-state index in [-0.39, 0.29) is 44.3 Å². The molecule has 16 rings (SSSR count). The fourth-order valence-corrected chi connectivity index (χ4v) is 19.2. The summed E-state index contributed by atoms with van der Waals surface area (Å²) in [4.78, 5) is 86.9. The molecule has 3 unspecified atom stereocenters. The van der Waals surface area contributed by atoms with Gasteiger partial charge in [-0.25, -0.2) is 4.79 Å². The molecule has 20 nitrogen and oxygen atoms in total. The van der Waals surface area contributed by atoms with E-state index in [1.165, 1.54) is 41.5 Å². The fraction of sp³-hybridized carbons (Fsp3) is 0.358. The summed E-state index contributed by atoms with van der Waals surface area (Å²) in [6, 6.07) is 61.8. The van der Waals surface area contributed by atoms with Gasteiger partial charge in [0.15, 0.2) is 0 Å². The van der Waals surface area contributed by atoms with E-state index in [0.717, 1.165) is 140 Å². The van der Waals surface area contributed by atoms with Crippen LogP contribution in [0, 0.1) is 47.3 Å². The molecule has 12 aromatic rings. The molecule has 0 saturated heterocycles. The molecule has 3 amide bonds. The third kappa shape index (κ3) is 30.3. The third-order valence-corrected chi connectivity index (χ3v) is 26.2. The van der Waals surface area contributed by atoms with Gasteiger partial charge in [-0.05, 0) is 305 Å². The van der Waals surface area contributed by atoms with E-state index in [1.54, 1.807) is 122 Å². The molecule has 4 aromatic heterocycles. The van der Waals surface area contributed by atoms with Crippen molar-refractivity contribution >= 4 is 70.1 Å². The zero-order valence-electron chi connectivity index (χ0n) is 73.8. The second-order valence-electron chi connectivity index (χ2n) is 34.8. The maximum absolute atomic E-state index is 12.7. The average Bonchev–Trinajstić information content (AvgIpc) is 1.68. The first-order valence-corrected chi connectivity index (χ1v) is 46.0. The van der Waals surface area contributed by atoms with E-state index in [4.69, 9.17) is 51.5 Å². The molecule has 24 heteroatoms. The van der Waals surface area contributed by atoms with Crippen LogP contribution in [0.5, 0.6) is 0 Å². The lowest BCUT2D eigenvalue weighted by atomic mass is 9.85. The maximum Gasteiger partial charge on any atom is 0.335 e. The number of aromatic nitrogens is 8. The molecule has 0 bridgehead atoms. The second-order valence-corrected chi connectivity index (χ2v) is 36.6. The third-order valence-electron chi connectivity index (χ3n) is 25.3. The predicted molar refractivity (Wildman–Crippen MR) is 517 cm³/mol. The number of aromatic carboxylic acids is 1. The van der Waals surface area contributed by atoms with Gasteiger partial charge in [-0.2, -0.15) is 0 Å². The van der Waals surface area contributed by atoms with Crippen LogP contribution in [0.2, 0.25) is 20.1 Å². The molecular weight excluding hydrogens is 1710 g/mol. The molecule has 0 radical (unpaired) electrons. The van der Waals surface area contributed by atoms with Crippen LogP contribution in [0.4, 0.5) is 0 Å². The number of carbonyl (C=O) groups is 4. The van der Waals surface area contributed by atoms with E-state index in [2.05, 4.69) is 76.4 Å². The van der Waals surface area contributed by atoms with Crippen LogP contribution in [0.25, 0.3) is 0 Å². The number of nitrogens with one attached hydrogen (secondary N) is 1. The largest absolute Gasteiger partial charge is 0.478 e. The molecule has 0 aliphatic heterocycles. The van der Waals surface area contributed by atoms with Crippen molar-refractivity contribution in [3.05, 3.63) is 378 Å². The van der Waals surface area contributed by atoms with Crippen molar-refractivity contribution in [1.82, 2.24) is 59.9 Å². The molecule has 12 atom stereocenters. The summed E-state index contributed by atoms with van der Waals surface area (Å²) in [6.07, 6.45) is 35.5. The highest BCUT2D eigenvalue weighted by Crippen LogP contribution is 2.46. The normalized spacial score (nSPS) is 18.6. The average molecular weight is 1840 g/mol. The maximum atomic E-state index is 12.7. The number of aliphatic hydroxyl groups excluding tert-OH is 3. The number of nitrogens with zero attached hydrogens (tertiary/aromatic N) is 11. The minimum atomic E-state index is -0.896. The van der Waals surface area contributed by atoms with Crippen molar-refractivity contribution in [2.45, 2.75) is 167 Å². The Morgan fingerprint density at radius 1 is 0.369 bits per heavy atom. The molecule has 0 spiro atoms. The quantitative estimate of drug-likeness (QED) is 0.0305. The van der Waals surface area contributed by atoms with Crippen LogP contribution in [-0.2, 0) is 51.9 Å². The molecule has 4 aliphatic carbocycles. The molecule has 4 heterocycles. The van der Waals surface area contributed by atoms with E-state index in [9.17, 15) is 34.5 Å². The van der Waals surface area contributed by atoms with Crippen LogP contribution in [0.15, 0.2) is 268 Å². The van der Waals surface area contributed by atoms with Gasteiger partial charge in [0, 0.05) is 122 Å². The Hall–Kier alpha value is -11.0. The standard InChI is InChI=1S/C27H30ClN3O.2C26H28ClN3O2.C20H21ClO3.C6H9N3.CH4.H2/c1-19(23-4-3-5-25(28)16-23)24-11-8-21(15-24)14-20-6-9-22(10-7-20)27(32)31(2)18-26-17-29-12-13-30-26;2*1-30(17-24-16-28-11-12-29-24)26(32)20-8-5-18(6-9-20)13-19-7-10-22(14-19)25(31)21-3-2-4-23(27)15-21;21-18-3-1-2-16(12-18)19(22)17-9-6-14(11-17)10-13-4-7-15(8-5-13)20(23)24;1-7-4-6-5-8-2-3-9-6;;/h3-7,9-10,12-13,16-17,19,21,24H,8,11,14-15,18H2,1-2H3;2*2-6,8-9,11-12,15-16,19,22,25,31H,7,10,13-14,17H2,1H3;1-5,7-8,12,14,17,19,22H,6,9-11H2,(H,23,24);2-3,5,7H,4H2,1H3;1H4;1H/t19-,21?,24+;19?,22-,25+;19-,22-,25+;14?,17-,19+;;;/m1000.../s1/i;;;;;;1+1. The van der Waals surface area contributed by atoms with E-state index >= 15 is 0 Å². The number of rotatable bonds is 28. The first-order chi connectivity index (χ1) is 62.4. The van der Waals surface area contributed by atoms with E-state index < -0.39 is 24.3 Å². The van der Waals surface area contributed by atoms with Gasteiger partial charge < -0.3 is 40.4 Å². The highest BCUT2D eigenvalue weighted by Gasteiger charge is 2.35. The Morgan fingerprint density at radius 3 is 0.900 bits per heavy atom. The Kier molecular flexibility index (Phi) is 38.6. The molecule has 4 fully saturated rings. The Morgan fingerprint density at radius 2 is 0.631 bits per heavy atom.